The number of anilines is 1. The average Bonchev–Trinajstić information content (AvgIpc) is 2.69. The van der Waals surface area contributed by atoms with Gasteiger partial charge in [0.1, 0.15) is 5.82 Å². The van der Waals surface area contributed by atoms with Crippen LogP contribution in [0.2, 0.25) is 0 Å². The fraction of sp³-hybridized carbons (Fsp3) is 0.318. The molecule has 0 unspecified atom stereocenters. The summed E-state index contributed by atoms with van der Waals surface area (Å²) in [5.74, 6) is -0.448. The molecule has 0 aromatic heterocycles. The van der Waals surface area contributed by atoms with Crippen molar-refractivity contribution >= 4 is 17.7 Å². The maximum absolute atomic E-state index is 13.3. The summed E-state index contributed by atoms with van der Waals surface area (Å²) in [6.45, 7) is 6.35. The van der Waals surface area contributed by atoms with Crippen LogP contribution < -0.4 is 5.32 Å². The summed E-state index contributed by atoms with van der Waals surface area (Å²) >= 11 is 0. The van der Waals surface area contributed by atoms with Gasteiger partial charge >= 0.3 is 0 Å². The molecule has 1 heterocycles. The van der Waals surface area contributed by atoms with Crippen LogP contribution in [0.4, 0.5) is 10.1 Å². The third-order valence-corrected chi connectivity index (χ3v) is 4.90. The van der Waals surface area contributed by atoms with E-state index in [1.54, 1.807) is 12.1 Å². The second-order valence-electron chi connectivity index (χ2n) is 6.83. The summed E-state index contributed by atoms with van der Waals surface area (Å²) in [7, 11) is 0. The topological polar surface area (TPSA) is 35.6 Å². The lowest BCUT2D eigenvalue weighted by atomic mass is 10.2. The van der Waals surface area contributed by atoms with Crippen molar-refractivity contribution in [3.8, 4) is 0 Å². The Balaban J connectivity index is 1.44. The van der Waals surface area contributed by atoms with E-state index < -0.39 is 0 Å². The van der Waals surface area contributed by atoms with Gasteiger partial charge in [0, 0.05) is 38.4 Å². The van der Waals surface area contributed by atoms with E-state index in [4.69, 9.17) is 0 Å². The normalized spacial score (nSPS) is 17.1. The fourth-order valence-electron chi connectivity index (χ4n) is 3.21. The number of hydrogen-bond acceptors (Lipinski definition) is 3. The van der Waals surface area contributed by atoms with Crippen LogP contribution in [-0.2, 0) is 4.79 Å². The molecule has 0 aliphatic carbocycles. The quantitative estimate of drug-likeness (QED) is 0.849. The number of nitrogens with zero attached hydrogens (tertiary/aromatic N) is 2. The molecule has 1 aliphatic heterocycles. The summed E-state index contributed by atoms with van der Waals surface area (Å²) in [4.78, 5) is 17.0. The summed E-state index contributed by atoms with van der Waals surface area (Å²) < 4.78 is 13.3. The van der Waals surface area contributed by atoms with Crippen LogP contribution in [0, 0.1) is 5.82 Å². The SMILES string of the molecule is C[C@@H](C(=O)Nc1cccc(F)c1)N1CCN(C/C=C/c2ccccc2)CC1. The molecule has 3 rings (SSSR count). The van der Waals surface area contributed by atoms with Crippen molar-refractivity contribution in [1.29, 1.82) is 0 Å². The molecule has 0 saturated carbocycles. The minimum Gasteiger partial charge on any atom is -0.325 e. The highest BCUT2D eigenvalue weighted by atomic mass is 19.1. The Kier molecular flexibility index (Phi) is 6.74. The Hall–Kier alpha value is -2.50. The van der Waals surface area contributed by atoms with E-state index in [9.17, 15) is 9.18 Å². The van der Waals surface area contributed by atoms with Crippen molar-refractivity contribution in [2.45, 2.75) is 13.0 Å². The number of benzene rings is 2. The monoisotopic (exact) mass is 367 g/mol. The number of halogens is 1. The Morgan fingerprint density at radius 1 is 1.11 bits per heavy atom. The smallest absolute Gasteiger partial charge is 0.241 e. The van der Waals surface area contributed by atoms with Gasteiger partial charge in [-0.3, -0.25) is 14.6 Å². The number of nitrogens with one attached hydrogen (secondary N) is 1. The number of carbonyl (C=O) groups excluding carboxylic acids is 1. The lowest BCUT2D eigenvalue weighted by Gasteiger charge is -2.37. The van der Waals surface area contributed by atoms with Crippen molar-refractivity contribution in [3.63, 3.8) is 0 Å². The van der Waals surface area contributed by atoms with Crippen LogP contribution in [0.5, 0.6) is 0 Å². The molecule has 27 heavy (non-hydrogen) atoms. The first kappa shape index (κ1) is 19.3. The Morgan fingerprint density at radius 2 is 1.85 bits per heavy atom. The molecule has 0 bridgehead atoms. The molecular formula is C22H26FN3O. The van der Waals surface area contributed by atoms with Gasteiger partial charge < -0.3 is 5.32 Å². The van der Waals surface area contributed by atoms with Crippen LogP contribution in [0.1, 0.15) is 12.5 Å². The van der Waals surface area contributed by atoms with E-state index >= 15 is 0 Å². The molecule has 0 radical (unpaired) electrons. The zero-order valence-corrected chi connectivity index (χ0v) is 15.6. The van der Waals surface area contributed by atoms with Gasteiger partial charge in [-0.05, 0) is 30.7 Å². The first-order chi connectivity index (χ1) is 13.1. The molecular weight excluding hydrogens is 341 g/mol. The maximum atomic E-state index is 13.3. The lowest BCUT2D eigenvalue weighted by molar-refractivity contribution is -0.121. The van der Waals surface area contributed by atoms with Crippen LogP contribution in [0.3, 0.4) is 0 Å². The predicted octanol–water partition coefficient (Wildman–Crippen LogP) is 3.48. The first-order valence-corrected chi connectivity index (χ1v) is 9.36. The van der Waals surface area contributed by atoms with Crippen LogP contribution in [0.15, 0.2) is 60.7 Å². The van der Waals surface area contributed by atoms with E-state index in [0.29, 0.717) is 5.69 Å². The van der Waals surface area contributed by atoms with Crippen molar-refractivity contribution in [1.82, 2.24) is 9.80 Å². The number of piperazine rings is 1. The molecule has 1 aliphatic rings. The average molecular weight is 367 g/mol. The number of hydrogen-bond donors (Lipinski definition) is 1. The van der Waals surface area contributed by atoms with Gasteiger partial charge in [0.05, 0.1) is 6.04 Å². The van der Waals surface area contributed by atoms with Gasteiger partial charge in [0.2, 0.25) is 5.91 Å². The van der Waals surface area contributed by atoms with Crippen molar-refractivity contribution < 1.29 is 9.18 Å². The summed E-state index contributed by atoms with van der Waals surface area (Å²) in [6.07, 6.45) is 4.33. The van der Waals surface area contributed by atoms with Gasteiger partial charge in [0.25, 0.3) is 0 Å². The van der Waals surface area contributed by atoms with Gasteiger partial charge in [0.15, 0.2) is 0 Å². The molecule has 2 aromatic rings. The standard InChI is InChI=1S/C22H26FN3O/c1-18(22(27)24-21-11-5-10-20(23)17-21)26-15-13-25(14-16-26)12-6-9-19-7-3-2-4-8-19/h2-11,17-18H,12-16H2,1H3,(H,24,27)/b9-6+/t18-/m0/s1. The summed E-state index contributed by atoms with van der Waals surface area (Å²) in [6, 6.07) is 16.0. The number of amides is 1. The minimum absolute atomic E-state index is 0.0991. The van der Waals surface area contributed by atoms with Crippen LogP contribution >= 0.6 is 0 Å². The molecule has 1 fully saturated rings. The number of carbonyl (C=O) groups is 1. The van der Waals surface area contributed by atoms with E-state index in [1.807, 2.05) is 25.1 Å². The van der Waals surface area contributed by atoms with Gasteiger partial charge in [-0.25, -0.2) is 4.39 Å². The van der Waals surface area contributed by atoms with E-state index in [2.05, 4.69) is 39.4 Å². The second kappa shape index (κ2) is 9.44. The summed E-state index contributed by atoms with van der Waals surface area (Å²) in [5, 5.41) is 2.80. The zero-order chi connectivity index (χ0) is 19.1. The van der Waals surface area contributed by atoms with Crippen molar-refractivity contribution in [2.24, 2.45) is 0 Å². The van der Waals surface area contributed by atoms with Crippen LogP contribution in [0.25, 0.3) is 6.08 Å². The molecule has 1 N–H and O–H groups in total. The van der Waals surface area contributed by atoms with E-state index in [0.717, 1.165) is 32.7 Å². The van der Waals surface area contributed by atoms with Gasteiger partial charge in [-0.2, -0.15) is 0 Å². The highest BCUT2D eigenvalue weighted by Gasteiger charge is 2.25. The lowest BCUT2D eigenvalue weighted by Crippen LogP contribution is -2.52. The third-order valence-electron chi connectivity index (χ3n) is 4.90. The molecule has 0 spiro atoms. The third kappa shape index (κ3) is 5.74. The Morgan fingerprint density at radius 3 is 2.56 bits per heavy atom. The van der Waals surface area contributed by atoms with E-state index in [-0.39, 0.29) is 17.8 Å². The highest BCUT2D eigenvalue weighted by Crippen LogP contribution is 2.12. The predicted molar refractivity (Wildman–Crippen MR) is 108 cm³/mol. The van der Waals surface area contributed by atoms with E-state index in [1.165, 1.54) is 17.7 Å². The zero-order valence-electron chi connectivity index (χ0n) is 15.6. The van der Waals surface area contributed by atoms with Crippen molar-refractivity contribution in [2.75, 3.05) is 38.0 Å². The minimum atomic E-state index is -0.349. The molecule has 4 nitrogen and oxygen atoms in total. The fourth-order valence-corrected chi connectivity index (χ4v) is 3.21. The first-order valence-electron chi connectivity index (χ1n) is 9.36. The number of rotatable bonds is 6. The summed E-state index contributed by atoms with van der Waals surface area (Å²) in [5.41, 5.74) is 1.70. The second-order valence-corrected chi connectivity index (χ2v) is 6.83. The Labute approximate surface area is 160 Å². The molecule has 1 amide bonds. The maximum Gasteiger partial charge on any atom is 0.241 e. The molecule has 1 atom stereocenters. The molecule has 5 heteroatoms. The Bertz CT molecular complexity index is 770. The van der Waals surface area contributed by atoms with Gasteiger partial charge in [-0.15, -0.1) is 0 Å². The molecule has 1 saturated heterocycles. The molecule has 142 valence electrons. The van der Waals surface area contributed by atoms with Crippen molar-refractivity contribution in [3.05, 3.63) is 72.1 Å². The molecule has 2 aromatic carbocycles. The van der Waals surface area contributed by atoms with Gasteiger partial charge in [-0.1, -0.05) is 48.6 Å². The highest BCUT2D eigenvalue weighted by molar-refractivity contribution is 5.94. The van der Waals surface area contributed by atoms with Crippen LogP contribution in [-0.4, -0.2) is 54.5 Å². The largest absolute Gasteiger partial charge is 0.325 e.